The SMILES string of the molecule is O=C(C[C@@H]1C[C@H]2CC[C@@H]1C2)NNC(=S)Nc1ccc(Cl)cc1. The van der Waals surface area contributed by atoms with Gasteiger partial charge >= 0.3 is 0 Å². The second-order valence-electron chi connectivity index (χ2n) is 6.27. The van der Waals surface area contributed by atoms with Gasteiger partial charge in [0.05, 0.1) is 0 Å². The first kappa shape index (κ1) is 15.6. The molecule has 0 heterocycles. The lowest BCUT2D eigenvalue weighted by Crippen LogP contribution is -2.44. The van der Waals surface area contributed by atoms with Crippen LogP contribution in [0.4, 0.5) is 5.69 Å². The summed E-state index contributed by atoms with van der Waals surface area (Å²) in [5.74, 6) is 2.19. The summed E-state index contributed by atoms with van der Waals surface area (Å²) in [7, 11) is 0. The number of amides is 1. The van der Waals surface area contributed by atoms with Gasteiger partial charge in [0.1, 0.15) is 0 Å². The molecular weight excluding hydrogens is 318 g/mol. The molecule has 0 unspecified atom stereocenters. The van der Waals surface area contributed by atoms with Crippen LogP contribution in [0.1, 0.15) is 32.1 Å². The highest BCUT2D eigenvalue weighted by molar-refractivity contribution is 7.80. The van der Waals surface area contributed by atoms with Gasteiger partial charge in [0, 0.05) is 17.1 Å². The molecular formula is C16H20ClN3OS. The van der Waals surface area contributed by atoms with Gasteiger partial charge < -0.3 is 5.32 Å². The second kappa shape index (κ2) is 6.84. The van der Waals surface area contributed by atoms with E-state index in [2.05, 4.69) is 16.2 Å². The predicted molar refractivity (Wildman–Crippen MR) is 92.5 cm³/mol. The van der Waals surface area contributed by atoms with Crippen molar-refractivity contribution in [2.24, 2.45) is 17.8 Å². The Hall–Kier alpha value is -1.33. The average molecular weight is 338 g/mol. The molecule has 0 radical (unpaired) electrons. The molecule has 2 aliphatic rings. The number of thiocarbonyl (C=S) groups is 1. The first-order chi connectivity index (χ1) is 10.6. The number of carbonyl (C=O) groups excluding carboxylic acids is 1. The highest BCUT2D eigenvalue weighted by atomic mass is 35.5. The molecule has 1 aromatic rings. The molecule has 1 aromatic carbocycles. The van der Waals surface area contributed by atoms with Crippen molar-refractivity contribution in [3.63, 3.8) is 0 Å². The lowest BCUT2D eigenvalue weighted by Gasteiger charge is -2.21. The van der Waals surface area contributed by atoms with Gasteiger partial charge in [-0.25, -0.2) is 0 Å². The van der Waals surface area contributed by atoms with E-state index in [0.29, 0.717) is 22.5 Å². The summed E-state index contributed by atoms with van der Waals surface area (Å²) >= 11 is 11.0. The van der Waals surface area contributed by atoms with Gasteiger partial charge in [-0.1, -0.05) is 18.0 Å². The first-order valence-electron chi connectivity index (χ1n) is 7.71. The van der Waals surface area contributed by atoms with Crippen LogP contribution in [-0.2, 0) is 4.79 Å². The van der Waals surface area contributed by atoms with Crippen LogP contribution in [0.25, 0.3) is 0 Å². The zero-order valence-corrected chi connectivity index (χ0v) is 13.8. The summed E-state index contributed by atoms with van der Waals surface area (Å²) in [6.07, 6.45) is 5.79. The Morgan fingerprint density at radius 3 is 2.59 bits per heavy atom. The molecule has 2 aliphatic carbocycles. The van der Waals surface area contributed by atoms with Crippen LogP contribution in [0.3, 0.4) is 0 Å². The molecule has 2 bridgehead atoms. The fourth-order valence-electron chi connectivity index (χ4n) is 3.74. The second-order valence-corrected chi connectivity index (χ2v) is 7.12. The maximum atomic E-state index is 12.0. The summed E-state index contributed by atoms with van der Waals surface area (Å²) in [5.41, 5.74) is 6.26. The standard InChI is InChI=1S/C16H20ClN3OS/c17-13-3-5-14(6-4-13)18-16(22)20-19-15(21)9-12-8-10-1-2-11(12)7-10/h3-6,10-12H,1-2,7-9H2,(H,19,21)(H2,18,20,22)/t10-,11+,12-/m0/s1. The fraction of sp³-hybridized carbons (Fsp3) is 0.500. The van der Waals surface area contributed by atoms with Gasteiger partial charge in [0.25, 0.3) is 0 Å². The Kier molecular flexibility index (Phi) is 4.84. The third-order valence-corrected chi connectivity index (χ3v) is 5.21. The van der Waals surface area contributed by atoms with Gasteiger partial charge in [-0.15, -0.1) is 0 Å². The lowest BCUT2D eigenvalue weighted by atomic mass is 9.86. The smallest absolute Gasteiger partial charge is 0.238 e. The number of benzene rings is 1. The molecule has 1 amide bonds. The summed E-state index contributed by atoms with van der Waals surface area (Å²) in [6.45, 7) is 0. The van der Waals surface area contributed by atoms with Crippen LogP contribution in [0, 0.1) is 17.8 Å². The van der Waals surface area contributed by atoms with Gasteiger partial charge in [0.15, 0.2) is 5.11 Å². The van der Waals surface area contributed by atoms with E-state index < -0.39 is 0 Å². The van der Waals surface area contributed by atoms with E-state index in [1.807, 2.05) is 12.1 Å². The number of carbonyl (C=O) groups is 1. The monoisotopic (exact) mass is 337 g/mol. The van der Waals surface area contributed by atoms with Crippen LogP contribution in [-0.4, -0.2) is 11.0 Å². The van der Waals surface area contributed by atoms with E-state index in [-0.39, 0.29) is 5.91 Å². The quantitative estimate of drug-likeness (QED) is 0.584. The fourth-order valence-corrected chi connectivity index (χ4v) is 4.03. The first-order valence-corrected chi connectivity index (χ1v) is 8.50. The molecule has 3 rings (SSSR count). The Morgan fingerprint density at radius 1 is 1.18 bits per heavy atom. The number of fused-ring (bicyclic) bond motifs is 2. The van der Waals surface area contributed by atoms with Gasteiger partial charge in [0.2, 0.25) is 5.91 Å². The van der Waals surface area contributed by atoms with Crippen LogP contribution >= 0.6 is 23.8 Å². The Morgan fingerprint density at radius 2 is 1.95 bits per heavy atom. The largest absolute Gasteiger partial charge is 0.331 e. The summed E-state index contributed by atoms with van der Waals surface area (Å²) in [5, 5.41) is 4.03. The third-order valence-electron chi connectivity index (χ3n) is 4.75. The topological polar surface area (TPSA) is 53.2 Å². The molecule has 0 spiro atoms. The number of nitrogens with one attached hydrogen (secondary N) is 3. The minimum Gasteiger partial charge on any atom is -0.331 e. The molecule has 0 aliphatic heterocycles. The highest BCUT2D eigenvalue weighted by Gasteiger charge is 2.40. The number of hydrazine groups is 1. The van der Waals surface area contributed by atoms with E-state index in [1.165, 1.54) is 25.7 Å². The summed E-state index contributed by atoms with van der Waals surface area (Å²) < 4.78 is 0. The van der Waals surface area contributed by atoms with E-state index in [1.54, 1.807) is 12.1 Å². The maximum absolute atomic E-state index is 12.0. The minimum atomic E-state index is 0.0119. The highest BCUT2D eigenvalue weighted by Crippen LogP contribution is 2.49. The van der Waals surface area contributed by atoms with Crippen LogP contribution in [0.15, 0.2) is 24.3 Å². The van der Waals surface area contributed by atoms with Crippen LogP contribution < -0.4 is 16.2 Å². The molecule has 6 heteroatoms. The molecule has 4 nitrogen and oxygen atoms in total. The molecule has 118 valence electrons. The normalized spacial score (nSPS) is 25.8. The number of hydrogen-bond acceptors (Lipinski definition) is 2. The minimum absolute atomic E-state index is 0.0119. The molecule has 3 N–H and O–H groups in total. The maximum Gasteiger partial charge on any atom is 0.238 e. The van der Waals surface area contributed by atoms with E-state index in [0.717, 1.165) is 17.5 Å². The van der Waals surface area contributed by atoms with Crippen molar-refractivity contribution < 1.29 is 4.79 Å². The molecule has 22 heavy (non-hydrogen) atoms. The predicted octanol–water partition coefficient (Wildman–Crippen LogP) is 3.48. The van der Waals surface area contributed by atoms with Crippen molar-refractivity contribution in [3.05, 3.63) is 29.3 Å². The molecule has 0 saturated heterocycles. The number of anilines is 1. The zero-order valence-electron chi connectivity index (χ0n) is 12.3. The summed E-state index contributed by atoms with van der Waals surface area (Å²) in [4.78, 5) is 12.0. The Balaban J connectivity index is 1.39. The van der Waals surface area contributed by atoms with Crippen LogP contribution in [0.5, 0.6) is 0 Å². The van der Waals surface area contributed by atoms with Crippen molar-refractivity contribution in [1.29, 1.82) is 0 Å². The van der Waals surface area contributed by atoms with Crippen molar-refractivity contribution in [3.8, 4) is 0 Å². The van der Waals surface area contributed by atoms with Crippen molar-refractivity contribution in [2.75, 3.05) is 5.32 Å². The molecule has 3 atom stereocenters. The average Bonchev–Trinajstić information content (AvgIpc) is 3.10. The number of hydrogen-bond donors (Lipinski definition) is 3. The molecule has 2 fully saturated rings. The number of rotatable bonds is 3. The summed E-state index contributed by atoms with van der Waals surface area (Å²) in [6, 6.07) is 7.21. The van der Waals surface area contributed by atoms with E-state index in [9.17, 15) is 4.79 Å². The molecule has 0 aromatic heterocycles. The van der Waals surface area contributed by atoms with Crippen molar-refractivity contribution >= 4 is 40.5 Å². The lowest BCUT2D eigenvalue weighted by molar-refractivity contribution is -0.122. The zero-order chi connectivity index (χ0) is 15.5. The molecule has 2 saturated carbocycles. The van der Waals surface area contributed by atoms with Crippen molar-refractivity contribution in [2.45, 2.75) is 32.1 Å². The third kappa shape index (κ3) is 3.90. The van der Waals surface area contributed by atoms with Crippen molar-refractivity contribution in [1.82, 2.24) is 10.9 Å². The number of halogens is 1. The van der Waals surface area contributed by atoms with Gasteiger partial charge in [-0.05, 0) is 73.5 Å². The Labute approximate surface area is 141 Å². The van der Waals surface area contributed by atoms with E-state index >= 15 is 0 Å². The van der Waals surface area contributed by atoms with Gasteiger partial charge in [-0.2, -0.15) is 0 Å². The van der Waals surface area contributed by atoms with E-state index in [4.69, 9.17) is 23.8 Å². The van der Waals surface area contributed by atoms with Crippen LogP contribution in [0.2, 0.25) is 5.02 Å². The Bertz CT molecular complexity index is 563. The van der Waals surface area contributed by atoms with Gasteiger partial charge in [-0.3, -0.25) is 15.6 Å².